The van der Waals surface area contributed by atoms with E-state index in [1.807, 2.05) is 43.3 Å². The van der Waals surface area contributed by atoms with Crippen LogP contribution in [0.1, 0.15) is 18.1 Å². The maximum atomic E-state index is 5.52. The van der Waals surface area contributed by atoms with Gasteiger partial charge in [0.1, 0.15) is 5.75 Å². The van der Waals surface area contributed by atoms with E-state index >= 15 is 0 Å². The van der Waals surface area contributed by atoms with Crippen molar-refractivity contribution in [2.24, 2.45) is 0 Å². The minimum Gasteiger partial charge on any atom is -0.494 e. The van der Waals surface area contributed by atoms with Crippen LogP contribution < -0.4 is 19.5 Å². The van der Waals surface area contributed by atoms with Crippen LogP contribution in [-0.4, -0.2) is 13.4 Å². The van der Waals surface area contributed by atoms with Gasteiger partial charge in [-0.05, 0) is 43.7 Å². The zero-order valence-electron chi connectivity index (χ0n) is 12.3. The lowest BCUT2D eigenvalue weighted by Gasteiger charge is -2.12. The molecule has 21 heavy (non-hydrogen) atoms. The predicted octanol–water partition coefficient (Wildman–Crippen LogP) is 3.73. The molecular weight excluding hydrogens is 266 g/mol. The average molecular weight is 285 g/mol. The predicted molar refractivity (Wildman–Crippen MR) is 82.2 cm³/mol. The van der Waals surface area contributed by atoms with Crippen LogP contribution in [0.25, 0.3) is 0 Å². The molecule has 0 bridgehead atoms. The van der Waals surface area contributed by atoms with Crippen LogP contribution >= 0.6 is 0 Å². The Kier molecular flexibility index (Phi) is 3.86. The lowest BCUT2D eigenvalue weighted by Crippen LogP contribution is -2.03. The van der Waals surface area contributed by atoms with Gasteiger partial charge in [0.05, 0.1) is 6.61 Å². The van der Waals surface area contributed by atoms with Crippen LogP contribution in [0.4, 0.5) is 5.69 Å². The van der Waals surface area contributed by atoms with Gasteiger partial charge < -0.3 is 19.5 Å². The zero-order chi connectivity index (χ0) is 14.7. The van der Waals surface area contributed by atoms with Gasteiger partial charge in [0.25, 0.3) is 0 Å². The van der Waals surface area contributed by atoms with Crippen molar-refractivity contribution in [3.05, 3.63) is 47.5 Å². The van der Waals surface area contributed by atoms with Crippen molar-refractivity contribution < 1.29 is 14.2 Å². The summed E-state index contributed by atoms with van der Waals surface area (Å²) in [6, 6.07) is 12.0. The summed E-state index contributed by atoms with van der Waals surface area (Å²) in [5.41, 5.74) is 3.35. The summed E-state index contributed by atoms with van der Waals surface area (Å²) in [7, 11) is 0. The Hall–Kier alpha value is -2.36. The molecule has 0 radical (unpaired) electrons. The number of ether oxygens (including phenoxy) is 3. The fourth-order valence-electron chi connectivity index (χ4n) is 2.41. The van der Waals surface area contributed by atoms with E-state index in [1.165, 1.54) is 0 Å². The van der Waals surface area contributed by atoms with Crippen molar-refractivity contribution in [2.45, 2.75) is 20.4 Å². The molecule has 4 heteroatoms. The average Bonchev–Trinajstić information content (AvgIpc) is 2.96. The summed E-state index contributed by atoms with van der Waals surface area (Å²) in [5.74, 6) is 2.56. The Bertz CT molecular complexity index is 640. The molecule has 1 aliphatic heterocycles. The van der Waals surface area contributed by atoms with Crippen LogP contribution in [-0.2, 0) is 6.54 Å². The van der Waals surface area contributed by atoms with Gasteiger partial charge in [-0.3, -0.25) is 0 Å². The second-order valence-corrected chi connectivity index (χ2v) is 4.91. The molecule has 0 aliphatic carbocycles. The van der Waals surface area contributed by atoms with Crippen LogP contribution in [0.2, 0.25) is 0 Å². The fraction of sp³-hybridized carbons (Fsp3) is 0.294. The number of rotatable bonds is 5. The van der Waals surface area contributed by atoms with Crippen LogP contribution in [0.5, 0.6) is 17.2 Å². The molecule has 2 aromatic rings. The summed E-state index contributed by atoms with van der Waals surface area (Å²) >= 11 is 0. The largest absolute Gasteiger partial charge is 0.494 e. The van der Waals surface area contributed by atoms with Crippen molar-refractivity contribution in [3.8, 4) is 17.2 Å². The van der Waals surface area contributed by atoms with Gasteiger partial charge in [0, 0.05) is 17.8 Å². The topological polar surface area (TPSA) is 39.7 Å². The molecule has 2 aromatic carbocycles. The smallest absolute Gasteiger partial charge is 0.231 e. The molecule has 0 aromatic heterocycles. The van der Waals surface area contributed by atoms with Gasteiger partial charge in [-0.25, -0.2) is 0 Å². The highest BCUT2D eigenvalue weighted by Gasteiger charge is 2.16. The molecule has 0 atom stereocenters. The molecule has 0 unspecified atom stereocenters. The van der Waals surface area contributed by atoms with Crippen molar-refractivity contribution >= 4 is 5.69 Å². The summed E-state index contributed by atoms with van der Waals surface area (Å²) in [6.07, 6.45) is 0. The second kappa shape index (κ2) is 5.95. The number of para-hydroxylation sites is 1. The van der Waals surface area contributed by atoms with Gasteiger partial charge in [-0.2, -0.15) is 0 Å². The number of anilines is 1. The summed E-state index contributed by atoms with van der Waals surface area (Å²) < 4.78 is 16.4. The molecule has 0 fully saturated rings. The Balaban J connectivity index is 1.72. The van der Waals surface area contributed by atoms with E-state index < -0.39 is 0 Å². The van der Waals surface area contributed by atoms with E-state index in [2.05, 4.69) is 12.2 Å². The third kappa shape index (κ3) is 2.89. The van der Waals surface area contributed by atoms with E-state index in [9.17, 15) is 0 Å². The summed E-state index contributed by atoms with van der Waals surface area (Å²) in [6.45, 7) is 5.73. The van der Waals surface area contributed by atoms with Crippen molar-refractivity contribution in [3.63, 3.8) is 0 Å². The highest BCUT2D eigenvalue weighted by Crippen LogP contribution is 2.35. The first-order valence-electron chi connectivity index (χ1n) is 7.12. The highest BCUT2D eigenvalue weighted by atomic mass is 16.7. The van der Waals surface area contributed by atoms with Crippen LogP contribution in [0, 0.1) is 6.92 Å². The molecule has 1 aliphatic rings. The first kappa shape index (κ1) is 13.6. The molecule has 0 amide bonds. The third-order valence-electron chi connectivity index (χ3n) is 3.46. The Morgan fingerprint density at radius 3 is 2.90 bits per heavy atom. The standard InChI is InChI=1S/C17H19NO3/c1-3-19-14-7-8-15(12(2)9-14)18-10-13-5-4-6-16-17(13)21-11-20-16/h4-9,18H,3,10-11H2,1-2H3. The molecule has 4 nitrogen and oxygen atoms in total. The van der Waals surface area contributed by atoms with Crippen LogP contribution in [0.15, 0.2) is 36.4 Å². The van der Waals surface area contributed by atoms with E-state index in [-0.39, 0.29) is 0 Å². The molecule has 1 N–H and O–H groups in total. The lowest BCUT2D eigenvalue weighted by molar-refractivity contribution is 0.173. The molecule has 0 saturated carbocycles. The van der Waals surface area contributed by atoms with Gasteiger partial charge >= 0.3 is 0 Å². The Morgan fingerprint density at radius 2 is 2.10 bits per heavy atom. The maximum Gasteiger partial charge on any atom is 0.231 e. The first-order chi connectivity index (χ1) is 10.3. The first-order valence-corrected chi connectivity index (χ1v) is 7.12. The van der Waals surface area contributed by atoms with E-state index in [0.717, 1.165) is 34.1 Å². The monoisotopic (exact) mass is 285 g/mol. The molecule has 0 saturated heterocycles. The fourth-order valence-corrected chi connectivity index (χ4v) is 2.41. The Labute approximate surface area is 124 Å². The van der Waals surface area contributed by atoms with Crippen molar-refractivity contribution in [2.75, 3.05) is 18.7 Å². The summed E-state index contributed by atoms with van der Waals surface area (Å²) in [5, 5.41) is 3.44. The van der Waals surface area contributed by atoms with Crippen molar-refractivity contribution in [1.29, 1.82) is 0 Å². The van der Waals surface area contributed by atoms with Crippen LogP contribution in [0.3, 0.4) is 0 Å². The zero-order valence-corrected chi connectivity index (χ0v) is 12.3. The second-order valence-electron chi connectivity index (χ2n) is 4.91. The Morgan fingerprint density at radius 1 is 1.19 bits per heavy atom. The molecule has 1 heterocycles. The number of aryl methyl sites for hydroxylation is 1. The number of benzene rings is 2. The number of fused-ring (bicyclic) bond motifs is 1. The number of hydrogen-bond donors (Lipinski definition) is 1. The maximum absolute atomic E-state index is 5.52. The van der Waals surface area contributed by atoms with Gasteiger partial charge in [-0.15, -0.1) is 0 Å². The van der Waals surface area contributed by atoms with Crippen molar-refractivity contribution in [1.82, 2.24) is 0 Å². The number of nitrogens with one attached hydrogen (secondary N) is 1. The molecule has 3 rings (SSSR count). The highest BCUT2D eigenvalue weighted by molar-refractivity contribution is 5.55. The third-order valence-corrected chi connectivity index (χ3v) is 3.46. The molecular formula is C17H19NO3. The van der Waals surface area contributed by atoms with Gasteiger partial charge in [0.15, 0.2) is 11.5 Å². The SMILES string of the molecule is CCOc1ccc(NCc2cccc3c2OCO3)c(C)c1. The minimum atomic E-state index is 0.300. The quantitative estimate of drug-likeness (QED) is 0.908. The lowest BCUT2D eigenvalue weighted by atomic mass is 10.1. The van der Waals surface area contributed by atoms with E-state index in [1.54, 1.807) is 0 Å². The number of hydrogen-bond acceptors (Lipinski definition) is 4. The van der Waals surface area contributed by atoms with E-state index in [0.29, 0.717) is 19.9 Å². The molecule has 110 valence electrons. The summed E-state index contributed by atoms with van der Waals surface area (Å²) in [4.78, 5) is 0. The van der Waals surface area contributed by atoms with Gasteiger partial charge in [0.2, 0.25) is 6.79 Å². The normalized spacial score (nSPS) is 12.3. The minimum absolute atomic E-state index is 0.300. The van der Waals surface area contributed by atoms with Gasteiger partial charge in [-0.1, -0.05) is 12.1 Å². The molecule has 0 spiro atoms. The van der Waals surface area contributed by atoms with E-state index in [4.69, 9.17) is 14.2 Å².